The van der Waals surface area contributed by atoms with Gasteiger partial charge in [0.1, 0.15) is 11.6 Å². The number of benzene rings is 2. The van der Waals surface area contributed by atoms with Crippen LogP contribution in [0.2, 0.25) is 0 Å². The van der Waals surface area contributed by atoms with Crippen molar-refractivity contribution in [2.75, 3.05) is 7.11 Å². The Bertz CT molecular complexity index is 1030. The van der Waals surface area contributed by atoms with Crippen LogP contribution in [0.4, 0.5) is 13.2 Å². The van der Waals surface area contributed by atoms with Crippen molar-refractivity contribution >= 4 is 5.97 Å². The SMILES string of the molecule is C/C=C/C1CCC2CC(c3ccc(C(=O)Oc4cc(F)c(OC)c(F)c4)cc3F)CCC2C1. The number of methoxy groups -OCH3 is 1. The number of carbonyl (C=O) groups excluding carboxylic acids is 1. The molecule has 0 saturated heterocycles. The lowest BCUT2D eigenvalue weighted by Crippen LogP contribution is -2.30. The summed E-state index contributed by atoms with van der Waals surface area (Å²) in [6.07, 6.45) is 11.1. The van der Waals surface area contributed by atoms with Gasteiger partial charge in [0.15, 0.2) is 17.4 Å². The second kappa shape index (κ2) is 10.0. The van der Waals surface area contributed by atoms with Gasteiger partial charge in [-0.25, -0.2) is 18.0 Å². The number of allylic oxidation sites excluding steroid dienone is 2. The molecule has 33 heavy (non-hydrogen) atoms. The molecule has 0 aromatic heterocycles. The Labute approximate surface area is 192 Å². The van der Waals surface area contributed by atoms with Crippen molar-refractivity contribution < 1.29 is 27.4 Å². The first-order valence-corrected chi connectivity index (χ1v) is 11.6. The topological polar surface area (TPSA) is 35.5 Å². The highest BCUT2D eigenvalue weighted by molar-refractivity contribution is 5.91. The van der Waals surface area contributed by atoms with Crippen molar-refractivity contribution in [3.8, 4) is 11.5 Å². The second-order valence-electron chi connectivity index (χ2n) is 9.18. The number of halogens is 3. The molecular weight excluding hydrogens is 429 g/mol. The van der Waals surface area contributed by atoms with Crippen LogP contribution < -0.4 is 9.47 Å². The second-order valence-corrected chi connectivity index (χ2v) is 9.18. The van der Waals surface area contributed by atoms with Crippen LogP contribution in [-0.4, -0.2) is 13.1 Å². The Morgan fingerprint density at radius 2 is 1.64 bits per heavy atom. The highest BCUT2D eigenvalue weighted by Gasteiger charge is 2.36. The lowest BCUT2D eigenvalue weighted by Gasteiger charge is -2.41. The van der Waals surface area contributed by atoms with Crippen molar-refractivity contribution in [3.63, 3.8) is 0 Å². The Hall–Kier alpha value is -2.76. The molecule has 2 aromatic rings. The molecule has 2 aliphatic rings. The molecule has 176 valence electrons. The highest BCUT2D eigenvalue weighted by Crippen LogP contribution is 2.48. The van der Waals surface area contributed by atoms with Gasteiger partial charge in [-0.05, 0) is 86.8 Å². The van der Waals surface area contributed by atoms with Gasteiger partial charge < -0.3 is 9.47 Å². The van der Waals surface area contributed by atoms with Gasteiger partial charge in [0.05, 0.1) is 12.7 Å². The Morgan fingerprint density at radius 3 is 2.30 bits per heavy atom. The molecule has 0 amide bonds. The zero-order valence-corrected chi connectivity index (χ0v) is 19.0. The maximum Gasteiger partial charge on any atom is 0.343 e. The summed E-state index contributed by atoms with van der Waals surface area (Å²) in [7, 11) is 1.14. The monoisotopic (exact) mass is 458 g/mol. The first kappa shape index (κ1) is 23.4. The molecule has 0 bridgehead atoms. The van der Waals surface area contributed by atoms with E-state index in [2.05, 4.69) is 23.8 Å². The summed E-state index contributed by atoms with van der Waals surface area (Å²) in [5, 5.41) is 0. The highest BCUT2D eigenvalue weighted by atomic mass is 19.1. The standard InChI is InChI=1S/C27H29F3O3/c1-3-4-16-5-6-18-12-19(8-7-17(18)11-16)22-10-9-20(13-23(22)28)27(31)33-21-14-24(29)26(32-2)25(30)15-21/h3-4,9-10,13-19H,5-8,11-12H2,1-2H3/b4-3+. The fourth-order valence-corrected chi connectivity index (χ4v) is 5.60. The molecule has 4 unspecified atom stereocenters. The summed E-state index contributed by atoms with van der Waals surface area (Å²) < 4.78 is 52.4. The summed E-state index contributed by atoms with van der Waals surface area (Å²) in [4.78, 5) is 12.4. The number of hydrogen-bond donors (Lipinski definition) is 0. The lowest BCUT2D eigenvalue weighted by molar-refractivity contribution is 0.0733. The van der Waals surface area contributed by atoms with Crippen LogP contribution >= 0.6 is 0 Å². The predicted molar refractivity (Wildman–Crippen MR) is 120 cm³/mol. The van der Waals surface area contributed by atoms with Gasteiger partial charge in [-0.1, -0.05) is 18.2 Å². The zero-order valence-electron chi connectivity index (χ0n) is 19.0. The number of rotatable bonds is 5. The maximum absolute atomic E-state index is 15.0. The van der Waals surface area contributed by atoms with Crippen molar-refractivity contribution in [1.29, 1.82) is 0 Å². The number of fused-ring (bicyclic) bond motifs is 1. The Kier molecular flexibility index (Phi) is 7.11. The molecule has 0 aliphatic heterocycles. The van der Waals surface area contributed by atoms with E-state index < -0.39 is 29.2 Å². The van der Waals surface area contributed by atoms with E-state index >= 15 is 0 Å². The average molecular weight is 459 g/mol. The third kappa shape index (κ3) is 5.10. The van der Waals surface area contributed by atoms with E-state index in [0.29, 0.717) is 23.3 Å². The van der Waals surface area contributed by atoms with E-state index in [9.17, 15) is 18.0 Å². The molecule has 6 heteroatoms. The summed E-state index contributed by atoms with van der Waals surface area (Å²) >= 11 is 0. The minimum absolute atomic E-state index is 0.00608. The van der Waals surface area contributed by atoms with Gasteiger partial charge in [-0.2, -0.15) is 0 Å². The molecule has 0 spiro atoms. The molecule has 2 aliphatic carbocycles. The smallest absolute Gasteiger partial charge is 0.343 e. The zero-order chi connectivity index (χ0) is 23.5. The largest absolute Gasteiger partial charge is 0.491 e. The molecule has 2 saturated carbocycles. The van der Waals surface area contributed by atoms with Gasteiger partial charge in [-0.15, -0.1) is 0 Å². The summed E-state index contributed by atoms with van der Waals surface area (Å²) in [6, 6.07) is 6.04. The van der Waals surface area contributed by atoms with Crippen LogP contribution in [-0.2, 0) is 0 Å². The summed E-state index contributed by atoms with van der Waals surface area (Å²) in [6.45, 7) is 2.07. The lowest BCUT2D eigenvalue weighted by atomic mass is 9.64. The Balaban J connectivity index is 1.43. The molecule has 3 nitrogen and oxygen atoms in total. The van der Waals surface area contributed by atoms with Crippen LogP contribution in [0.15, 0.2) is 42.5 Å². The minimum atomic E-state index is -0.989. The van der Waals surface area contributed by atoms with Crippen molar-refractivity contribution in [3.05, 3.63) is 71.1 Å². The first-order chi connectivity index (χ1) is 15.9. The van der Waals surface area contributed by atoms with Crippen LogP contribution in [0, 0.1) is 35.2 Å². The molecule has 2 aromatic carbocycles. The van der Waals surface area contributed by atoms with Gasteiger partial charge in [0.2, 0.25) is 0 Å². The van der Waals surface area contributed by atoms with E-state index in [1.807, 2.05) is 0 Å². The molecule has 4 atom stereocenters. The van der Waals surface area contributed by atoms with E-state index in [-0.39, 0.29) is 17.2 Å². The van der Waals surface area contributed by atoms with Crippen LogP contribution in [0.1, 0.15) is 67.3 Å². The minimum Gasteiger partial charge on any atom is -0.491 e. The normalized spacial score (nSPS) is 25.0. The van der Waals surface area contributed by atoms with E-state index in [1.54, 1.807) is 6.07 Å². The number of carbonyl (C=O) groups is 1. The summed E-state index contributed by atoms with van der Waals surface area (Å²) in [5.41, 5.74) is 0.621. The molecule has 0 heterocycles. The maximum atomic E-state index is 15.0. The van der Waals surface area contributed by atoms with Crippen molar-refractivity contribution in [1.82, 2.24) is 0 Å². The summed E-state index contributed by atoms with van der Waals surface area (Å²) in [5.74, 6) is -2.04. The predicted octanol–water partition coefficient (Wildman–Crippen LogP) is 7.21. The fourth-order valence-electron chi connectivity index (χ4n) is 5.60. The number of ether oxygens (including phenoxy) is 2. The van der Waals surface area contributed by atoms with Crippen LogP contribution in [0.25, 0.3) is 0 Å². The van der Waals surface area contributed by atoms with Crippen LogP contribution in [0.5, 0.6) is 11.5 Å². The van der Waals surface area contributed by atoms with Crippen molar-refractivity contribution in [2.45, 2.75) is 51.4 Å². The third-order valence-electron chi connectivity index (χ3n) is 7.18. The quantitative estimate of drug-likeness (QED) is 0.270. The van der Waals surface area contributed by atoms with Gasteiger partial charge in [0.25, 0.3) is 0 Å². The molecule has 0 N–H and O–H groups in total. The van der Waals surface area contributed by atoms with E-state index in [1.165, 1.54) is 25.3 Å². The fraction of sp³-hybridized carbons (Fsp3) is 0.444. The van der Waals surface area contributed by atoms with Crippen molar-refractivity contribution in [2.24, 2.45) is 17.8 Å². The molecule has 0 radical (unpaired) electrons. The van der Waals surface area contributed by atoms with E-state index in [0.717, 1.165) is 44.6 Å². The van der Waals surface area contributed by atoms with Gasteiger partial charge in [-0.3, -0.25) is 0 Å². The Morgan fingerprint density at radius 1 is 0.939 bits per heavy atom. The first-order valence-electron chi connectivity index (χ1n) is 11.6. The van der Waals surface area contributed by atoms with Gasteiger partial charge in [0, 0.05) is 12.1 Å². The molecule has 4 rings (SSSR count). The number of hydrogen-bond acceptors (Lipinski definition) is 3. The average Bonchev–Trinajstić information content (AvgIpc) is 2.78. The van der Waals surface area contributed by atoms with Gasteiger partial charge >= 0.3 is 5.97 Å². The van der Waals surface area contributed by atoms with Crippen LogP contribution in [0.3, 0.4) is 0 Å². The van der Waals surface area contributed by atoms with E-state index in [4.69, 9.17) is 4.74 Å². The molecule has 2 fully saturated rings. The third-order valence-corrected chi connectivity index (χ3v) is 7.18. The molecular formula is C27H29F3O3. The number of esters is 1.